The van der Waals surface area contributed by atoms with Crippen LogP contribution in [0.5, 0.6) is 0 Å². The van der Waals surface area contributed by atoms with Crippen molar-refractivity contribution in [3.05, 3.63) is 64.0 Å². The molecule has 0 radical (unpaired) electrons. The van der Waals surface area contributed by atoms with Crippen molar-refractivity contribution in [1.82, 2.24) is 4.98 Å². The lowest BCUT2D eigenvalue weighted by molar-refractivity contribution is -0.385. The second-order valence-corrected chi connectivity index (χ2v) is 4.01. The first-order valence-corrected chi connectivity index (χ1v) is 5.72. The molecular formula is C13H11N3O4. The minimum atomic E-state index is -1.33. The first-order valence-electron chi connectivity index (χ1n) is 5.72. The van der Waals surface area contributed by atoms with Gasteiger partial charge in [-0.25, -0.2) is 4.79 Å². The van der Waals surface area contributed by atoms with Crippen molar-refractivity contribution in [3.63, 3.8) is 0 Å². The summed E-state index contributed by atoms with van der Waals surface area (Å²) in [5.74, 6) is -1.33. The Morgan fingerprint density at radius 1 is 1.40 bits per heavy atom. The summed E-state index contributed by atoms with van der Waals surface area (Å²) >= 11 is 0. The molecule has 0 unspecified atom stereocenters. The predicted molar refractivity (Wildman–Crippen MR) is 71.6 cm³/mol. The molecule has 2 rings (SSSR count). The van der Waals surface area contributed by atoms with E-state index in [0.717, 1.165) is 5.56 Å². The fourth-order valence-corrected chi connectivity index (χ4v) is 1.68. The second kappa shape index (κ2) is 5.79. The van der Waals surface area contributed by atoms with Gasteiger partial charge >= 0.3 is 5.97 Å². The quantitative estimate of drug-likeness (QED) is 0.639. The molecule has 7 nitrogen and oxygen atoms in total. The summed E-state index contributed by atoms with van der Waals surface area (Å²) in [6.07, 6.45) is 3.33. The van der Waals surface area contributed by atoms with Crippen LogP contribution in [0.2, 0.25) is 0 Å². The van der Waals surface area contributed by atoms with Crippen molar-refractivity contribution in [1.29, 1.82) is 0 Å². The van der Waals surface area contributed by atoms with E-state index >= 15 is 0 Å². The van der Waals surface area contributed by atoms with Crippen LogP contribution in [-0.4, -0.2) is 21.0 Å². The molecule has 0 spiro atoms. The van der Waals surface area contributed by atoms with Crippen LogP contribution in [-0.2, 0) is 6.54 Å². The maximum atomic E-state index is 11.0. The van der Waals surface area contributed by atoms with Crippen LogP contribution in [0.3, 0.4) is 0 Å². The summed E-state index contributed by atoms with van der Waals surface area (Å²) in [4.78, 5) is 25.0. The number of carboxylic acids is 1. The van der Waals surface area contributed by atoms with E-state index in [2.05, 4.69) is 10.3 Å². The van der Waals surface area contributed by atoms with Crippen molar-refractivity contribution in [3.8, 4) is 0 Å². The number of carboxylic acid groups (broad SMARTS) is 1. The molecule has 0 fully saturated rings. The molecule has 1 aromatic carbocycles. The van der Waals surface area contributed by atoms with Gasteiger partial charge in [-0.2, -0.15) is 0 Å². The van der Waals surface area contributed by atoms with Gasteiger partial charge in [0.05, 0.1) is 4.92 Å². The van der Waals surface area contributed by atoms with Crippen LogP contribution >= 0.6 is 0 Å². The Morgan fingerprint density at radius 3 is 2.80 bits per heavy atom. The molecule has 7 heteroatoms. The number of aromatic carboxylic acids is 1. The van der Waals surface area contributed by atoms with E-state index in [1.165, 1.54) is 18.2 Å². The van der Waals surface area contributed by atoms with E-state index < -0.39 is 16.6 Å². The smallest absolute Gasteiger partial charge is 0.342 e. The van der Waals surface area contributed by atoms with Gasteiger partial charge in [0.25, 0.3) is 5.69 Å². The molecule has 0 aliphatic heterocycles. The average Bonchev–Trinajstić information content (AvgIpc) is 2.45. The van der Waals surface area contributed by atoms with Crippen molar-refractivity contribution >= 4 is 17.3 Å². The summed E-state index contributed by atoms with van der Waals surface area (Å²) in [6.45, 7) is 0.449. The van der Waals surface area contributed by atoms with E-state index in [1.54, 1.807) is 18.5 Å². The van der Waals surface area contributed by atoms with Crippen LogP contribution < -0.4 is 5.32 Å². The van der Waals surface area contributed by atoms with Gasteiger partial charge in [0.2, 0.25) is 0 Å². The minimum Gasteiger partial charge on any atom is -0.477 e. The summed E-state index contributed by atoms with van der Waals surface area (Å²) in [7, 11) is 0. The standard InChI is InChI=1S/C13H11N3O4/c17-13(18)11-6-10(3-4-12(11)16(19)20)15-8-9-2-1-5-14-7-9/h1-7,15H,8H2,(H,17,18). The monoisotopic (exact) mass is 273 g/mol. The lowest BCUT2D eigenvalue weighted by Gasteiger charge is -2.07. The zero-order valence-corrected chi connectivity index (χ0v) is 10.3. The number of hydrogen-bond acceptors (Lipinski definition) is 5. The van der Waals surface area contributed by atoms with Crippen molar-refractivity contribution in [2.24, 2.45) is 0 Å². The number of rotatable bonds is 5. The molecule has 102 valence electrons. The molecule has 0 saturated carbocycles. The third kappa shape index (κ3) is 3.08. The molecule has 1 heterocycles. The topological polar surface area (TPSA) is 105 Å². The van der Waals surface area contributed by atoms with Gasteiger partial charge in [0, 0.05) is 30.7 Å². The molecule has 20 heavy (non-hydrogen) atoms. The molecule has 0 aliphatic carbocycles. The van der Waals surface area contributed by atoms with Gasteiger partial charge in [-0.15, -0.1) is 0 Å². The largest absolute Gasteiger partial charge is 0.477 e. The minimum absolute atomic E-state index is 0.341. The molecular weight excluding hydrogens is 262 g/mol. The van der Waals surface area contributed by atoms with Crippen LogP contribution in [0.15, 0.2) is 42.7 Å². The van der Waals surface area contributed by atoms with Crippen molar-refractivity contribution < 1.29 is 14.8 Å². The number of nitro benzene ring substituents is 1. The molecule has 1 aromatic heterocycles. The Morgan fingerprint density at radius 2 is 2.20 bits per heavy atom. The first kappa shape index (κ1) is 13.5. The van der Waals surface area contributed by atoms with Crippen LogP contribution in [0, 0.1) is 10.1 Å². The van der Waals surface area contributed by atoms with E-state index in [-0.39, 0.29) is 5.56 Å². The van der Waals surface area contributed by atoms with Crippen molar-refractivity contribution in [2.45, 2.75) is 6.54 Å². The summed E-state index contributed by atoms with van der Waals surface area (Å²) in [6, 6.07) is 7.55. The third-order valence-electron chi connectivity index (χ3n) is 2.64. The molecule has 0 amide bonds. The molecule has 2 aromatic rings. The lowest BCUT2D eigenvalue weighted by atomic mass is 10.1. The fourth-order valence-electron chi connectivity index (χ4n) is 1.68. The zero-order valence-electron chi connectivity index (χ0n) is 10.3. The van der Waals surface area contributed by atoms with Gasteiger partial charge in [0.15, 0.2) is 0 Å². The molecule has 2 N–H and O–H groups in total. The number of nitrogens with zero attached hydrogens (tertiary/aromatic N) is 2. The highest BCUT2D eigenvalue weighted by Crippen LogP contribution is 2.23. The highest BCUT2D eigenvalue weighted by Gasteiger charge is 2.19. The summed E-state index contributed by atoms with van der Waals surface area (Å²) in [5, 5.41) is 22.7. The van der Waals surface area contributed by atoms with Gasteiger partial charge in [0.1, 0.15) is 5.56 Å². The lowest BCUT2D eigenvalue weighted by Crippen LogP contribution is -2.05. The van der Waals surface area contributed by atoms with Gasteiger partial charge < -0.3 is 10.4 Å². The van der Waals surface area contributed by atoms with Gasteiger partial charge in [-0.05, 0) is 23.8 Å². The van der Waals surface area contributed by atoms with Gasteiger partial charge in [-0.3, -0.25) is 15.1 Å². The molecule has 0 bridgehead atoms. The maximum absolute atomic E-state index is 11.0. The third-order valence-corrected chi connectivity index (χ3v) is 2.64. The normalized spacial score (nSPS) is 10.0. The number of pyridine rings is 1. The highest BCUT2D eigenvalue weighted by atomic mass is 16.6. The van der Waals surface area contributed by atoms with Crippen molar-refractivity contribution in [2.75, 3.05) is 5.32 Å². The predicted octanol–water partition coefficient (Wildman–Crippen LogP) is 2.30. The first-order chi connectivity index (χ1) is 9.58. The number of hydrogen-bond donors (Lipinski definition) is 2. The van der Waals surface area contributed by atoms with E-state index in [1.807, 2.05) is 6.07 Å². The number of nitro groups is 1. The fraction of sp³-hybridized carbons (Fsp3) is 0.0769. The molecule has 0 atom stereocenters. The van der Waals surface area contributed by atoms with Crippen LogP contribution in [0.25, 0.3) is 0 Å². The summed E-state index contributed by atoms with van der Waals surface area (Å²) in [5.41, 5.74) is 0.648. The number of nitrogens with one attached hydrogen (secondary N) is 1. The van der Waals surface area contributed by atoms with Crippen LogP contribution in [0.4, 0.5) is 11.4 Å². The Labute approximate surface area is 114 Å². The van der Waals surface area contributed by atoms with Crippen LogP contribution in [0.1, 0.15) is 15.9 Å². The highest BCUT2D eigenvalue weighted by molar-refractivity contribution is 5.93. The maximum Gasteiger partial charge on any atom is 0.342 e. The zero-order chi connectivity index (χ0) is 14.5. The molecule has 0 aliphatic rings. The second-order valence-electron chi connectivity index (χ2n) is 4.01. The molecule has 0 saturated heterocycles. The number of anilines is 1. The Bertz CT molecular complexity index is 643. The Hall–Kier alpha value is -2.96. The summed E-state index contributed by atoms with van der Waals surface area (Å²) < 4.78 is 0. The number of aromatic nitrogens is 1. The number of benzene rings is 1. The van der Waals surface area contributed by atoms with E-state index in [4.69, 9.17) is 5.11 Å². The SMILES string of the molecule is O=C(O)c1cc(NCc2cccnc2)ccc1[N+](=O)[O-]. The number of carbonyl (C=O) groups is 1. The van der Waals surface area contributed by atoms with Gasteiger partial charge in [-0.1, -0.05) is 6.07 Å². The Kier molecular flexibility index (Phi) is 3.90. The average molecular weight is 273 g/mol. The van der Waals surface area contributed by atoms with E-state index in [9.17, 15) is 14.9 Å². The Balaban J connectivity index is 2.19. The van der Waals surface area contributed by atoms with E-state index in [0.29, 0.717) is 12.2 Å².